The predicted molar refractivity (Wildman–Crippen MR) is 58.9 cm³/mol. The monoisotopic (exact) mass is 224 g/mol. The quantitative estimate of drug-likeness (QED) is 0.541. The first kappa shape index (κ1) is 12.7. The minimum absolute atomic E-state index is 0.110. The maximum atomic E-state index is 11.4. The summed E-state index contributed by atoms with van der Waals surface area (Å²) in [5, 5.41) is 0. The predicted octanol–water partition coefficient (Wildman–Crippen LogP) is 1.39. The number of hydrogen-bond acceptors (Lipinski definition) is 4. The summed E-state index contributed by atoms with van der Waals surface area (Å²) in [6, 6.07) is 9.43. The lowest BCUT2D eigenvalue weighted by Gasteiger charge is -2.13. The Morgan fingerprint density at radius 2 is 1.81 bits per heavy atom. The lowest BCUT2D eigenvalue weighted by molar-refractivity contribution is -0.166. The third-order valence-electron chi connectivity index (χ3n) is 2.10. The van der Waals surface area contributed by atoms with Crippen LogP contribution in [0.3, 0.4) is 0 Å². The Labute approximate surface area is 95.1 Å². The van der Waals surface area contributed by atoms with Crippen molar-refractivity contribution >= 4 is 5.97 Å². The molecule has 1 rings (SSSR count). The van der Waals surface area contributed by atoms with Gasteiger partial charge in [0, 0.05) is 14.2 Å². The number of carbonyl (C=O) groups excluding carboxylic acids is 1. The van der Waals surface area contributed by atoms with Gasteiger partial charge in [-0.15, -0.1) is 0 Å². The van der Waals surface area contributed by atoms with Gasteiger partial charge >= 0.3 is 5.97 Å². The number of methoxy groups -OCH3 is 2. The van der Waals surface area contributed by atoms with E-state index < -0.39 is 6.29 Å². The maximum absolute atomic E-state index is 11.4. The normalized spacial score (nSPS) is 10.4. The van der Waals surface area contributed by atoms with Crippen molar-refractivity contribution in [1.29, 1.82) is 0 Å². The zero-order valence-electron chi connectivity index (χ0n) is 9.51. The van der Waals surface area contributed by atoms with Crippen molar-refractivity contribution in [3.8, 4) is 0 Å². The number of carbonyl (C=O) groups is 1. The molecule has 0 radical (unpaired) electrons. The fourth-order valence-corrected chi connectivity index (χ4v) is 1.21. The SMILES string of the molecule is COC(COC(=O)Cc1ccccc1)OC. The minimum Gasteiger partial charge on any atom is -0.460 e. The van der Waals surface area contributed by atoms with Gasteiger partial charge < -0.3 is 14.2 Å². The maximum Gasteiger partial charge on any atom is 0.310 e. The van der Waals surface area contributed by atoms with Gasteiger partial charge in [0.2, 0.25) is 0 Å². The molecule has 0 amide bonds. The van der Waals surface area contributed by atoms with E-state index in [2.05, 4.69) is 0 Å². The molecule has 1 aromatic rings. The molecular weight excluding hydrogens is 208 g/mol. The molecule has 0 saturated carbocycles. The van der Waals surface area contributed by atoms with Crippen LogP contribution in [0.15, 0.2) is 30.3 Å². The van der Waals surface area contributed by atoms with Crippen molar-refractivity contribution in [3.63, 3.8) is 0 Å². The van der Waals surface area contributed by atoms with E-state index in [1.165, 1.54) is 14.2 Å². The Hall–Kier alpha value is -1.39. The Morgan fingerprint density at radius 1 is 1.19 bits per heavy atom. The van der Waals surface area contributed by atoms with Gasteiger partial charge in [-0.3, -0.25) is 4.79 Å². The molecule has 1 aromatic carbocycles. The molecule has 0 saturated heterocycles. The molecule has 4 nitrogen and oxygen atoms in total. The molecular formula is C12H16O4. The molecule has 0 aliphatic heterocycles. The van der Waals surface area contributed by atoms with Crippen molar-refractivity contribution in [2.24, 2.45) is 0 Å². The van der Waals surface area contributed by atoms with E-state index in [1.807, 2.05) is 30.3 Å². The highest BCUT2D eigenvalue weighted by Gasteiger charge is 2.09. The van der Waals surface area contributed by atoms with Gasteiger partial charge in [-0.2, -0.15) is 0 Å². The van der Waals surface area contributed by atoms with Crippen LogP contribution in [0.25, 0.3) is 0 Å². The molecule has 4 heteroatoms. The Kier molecular flexibility index (Phi) is 5.53. The number of hydrogen-bond donors (Lipinski definition) is 0. The molecule has 0 spiro atoms. The first-order valence-electron chi connectivity index (χ1n) is 5.01. The first-order chi connectivity index (χ1) is 7.76. The first-order valence-corrected chi connectivity index (χ1v) is 5.01. The lowest BCUT2D eigenvalue weighted by atomic mass is 10.2. The average Bonchev–Trinajstić information content (AvgIpc) is 2.31. The summed E-state index contributed by atoms with van der Waals surface area (Å²) in [4.78, 5) is 11.4. The second-order valence-electron chi connectivity index (χ2n) is 3.25. The molecule has 0 heterocycles. The summed E-state index contributed by atoms with van der Waals surface area (Å²) in [5.74, 6) is -0.287. The van der Waals surface area contributed by atoms with Crippen LogP contribution in [-0.2, 0) is 25.4 Å². The summed E-state index contributed by atoms with van der Waals surface area (Å²) in [6.45, 7) is 0.110. The second kappa shape index (κ2) is 6.98. The zero-order valence-corrected chi connectivity index (χ0v) is 9.51. The van der Waals surface area contributed by atoms with Crippen LogP contribution in [0.1, 0.15) is 5.56 Å². The van der Waals surface area contributed by atoms with Crippen LogP contribution < -0.4 is 0 Å². The van der Waals surface area contributed by atoms with Crippen LogP contribution in [-0.4, -0.2) is 33.1 Å². The molecule has 0 aliphatic carbocycles. The van der Waals surface area contributed by atoms with Crippen LogP contribution in [0.5, 0.6) is 0 Å². The highest BCUT2D eigenvalue weighted by atomic mass is 16.7. The van der Waals surface area contributed by atoms with E-state index in [1.54, 1.807) is 0 Å². The topological polar surface area (TPSA) is 44.8 Å². The summed E-state index contributed by atoms with van der Waals surface area (Å²) < 4.78 is 14.8. The van der Waals surface area contributed by atoms with Gasteiger partial charge in [0.05, 0.1) is 6.42 Å². The molecule has 0 aromatic heterocycles. The fourth-order valence-electron chi connectivity index (χ4n) is 1.21. The lowest BCUT2D eigenvalue weighted by Crippen LogP contribution is -2.23. The number of benzene rings is 1. The van der Waals surface area contributed by atoms with E-state index in [-0.39, 0.29) is 19.0 Å². The van der Waals surface area contributed by atoms with E-state index in [9.17, 15) is 4.79 Å². The molecule has 88 valence electrons. The van der Waals surface area contributed by atoms with Crippen molar-refractivity contribution in [2.45, 2.75) is 12.7 Å². The van der Waals surface area contributed by atoms with Crippen molar-refractivity contribution in [2.75, 3.05) is 20.8 Å². The molecule has 0 unspecified atom stereocenters. The molecule has 0 fully saturated rings. The Bertz CT molecular complexity index is 306. The van der Waals surface area contributed by atoms with Gasteiger partial charge in [-0.1, -0.05) is 30.3 Å². The van der Waals surface area contributed by atoms with Crippen LogP contribution in [0.2, 0.25) is 0 Å². The van der Waals surface area contributed by atoms with Crippen LogP contribution >= 0.6 is 0 Å². The summed E-state index contributed by atoms with van der Waals surface area (Å²) in [7, 11) is 3.00. The number of esters is 1. The van der Waals surface area contributed by atoms with Crippen molar-refractivity contribution in [1.82, 2.24) is 0 Å². The summed E-state index contributed by atoms with van der Waals surface area (Å²) >= 11 is 0. The van der Waals surface area contributed by atoms with E-state index in [0.717, 1.165) is 5.56 Å². The van der Waals surface area contributed by atoms with Gasteiger partial charge in [0.25, 0.3) is 0 Å². The largest absolute Gasteiger partial charge is 0.460 e. The molecule has 0 atom stereocenters. The highest BCUT2D eigenvalue weighted by molar-refractivity contribution is 5.72. The minimum atomic E-state index is -0.500. The summed E-state index contributed by atoms with van der Waals surface area (Å²) in [5.41, 5.74) is 0.930. The fraction of sp³-hybridized carbons (Fsp3) is 0.417. The van der Waals surface area contributed by atoms with Gasteiger partial charge in [-0.25, -0.2) is 0 Å². The van der Waals surface area contributed by atoms with Crippen molar-refractivity contribution in [3.05, 3.63) is 35.9 Å². The second-order valence-corrected chi connectivity index (χ2v) is 3.25. The molecule has 0 bridgehead atoms. The number of ether oxygens (including phenoxy) is 3. The Balaban J connectivity index is 2.31. The van der Waals surface area contributed by atoms with Gasteiger partial charge in [0.15, 0.2) is 6.29 Å². The Morgan fingerprint density at radius 3 is 2.38 bits per heavy atom. The molecule has 0 N–H and O–H groups in total. The van der Waals surface area contributed by atoms with Crippen molar-refractivity contribution < 1.29 is 19.0 Å². The standard InChI is InChI=1S/C12H16O4/c1-14-12(15-2)9-16-11(13)8-10-6-4-3-5-7-10/h3-7,12H,8-9H2,1-2H3. The van der Waals surface area contributed by atoms with E-state index in [0.29, 0.717) is 0 Å². The van der Waals surface area contributed by atoms with Gasteiger partial charge in [-0.05, 0) is 5.56 Å². The summed E-state index contributed by atoms with van der Waals surface area (Å²) in [6.07, 6.45) is -0.235. The zero-order chi connectivity index (χ0) is 11.8. The number of rotatable bonds is 6. The van der Waals surface area contributed by atoms with Gasteiger partial charge in [0.1, 0.15) is 6.61 Å². The third-order valence-corrected chi connectivity index (χ3v) is 2.10. The smallest absolute Gasteiger partial charge is 0.310 e. The molecule has 0 aliphatic rings. The average molecular weight is 224 g/mol. The van der Waals surface area contributed by atoms with E-state index >= 15 is 0 Å². The third kappa shape index (κ3) is 4.42. The van der Waals surface area contributed by atoms with Crippen LogP contribution in [0.4, 0.5) is 0 Å². The van der Waals surface area contributed by atoms with Crippen LogP contribution in [0, 0.1) is 0 Å². The van der Waals surface area contributed by atoms with E-state index in [4.69, 9.17) is 14.2 Å². The molecule has 16 heavy (non-hydrogen) atoms. The highest BCUT2D eigenvalue weighted by Crippen LogP contribution is 2.01.